The van der Waals surface area contributed by atoms with Crippen LogP contribution in [0.1, 0.15) is 46.0 Å². The molecule has 0 aromatic heterocycles. The predicted molar refractivity (Wildman–Crippen MR) is 56.6 cm³/mol. The minimum Gasteiger partial charge on any atom is -0.197 e. The third kappa shape index (κ3) is 1.59. The van der Waals surface area contributed by atoms with Gasteiger partial charge < -0.3 is 0 Å². The van der Waals surface area contributed by atoms with Crippen LogP contribution in [-0.2, 0) is 0 Å². The van der Waals surface area contributed by atoms with Crippen LogP contribution in [0.2, 0.25) is 0 Å². The van der Waals surface area contributed by atoms with E-state index in [1.165, 1.54) is 32.1 Å². The summed E-state index contributed by atoms with van der Waals surface area (Å²) < 4.78 is 0.00588. The first-order valence-electron chi connectivity index (χ1n) is 5.23. The second-order valence-electron chi connectivity index (χ2n) is 4.80. The molecule has 2 aliphatic carbocycles. The lowest BCUT2D eigenvalue weighted by Gasteiger charge is -2.44. The summed E-state index contributed by atoms with van der Waals surface area (Å²) in [5.41, 5.74) is 0.649. The molecule has 0 amide bonds. The first kappa shape index (κ1) is 9.40. The van der Waals surface area contributed by atoms with Crippen molar-refractivity contribution in [3.8, 4) is 6.07 Å². The van der Waals surface area contributed by atoms with Gasteiger partial charge in [0.2, 0.25) is 0 Å². The van der Waals surface area contributed by atoms with Crippen molar-refractivity contribution in [3.05, 3.63) is 0 Å². The van der Waals surface area contributed by atoms with Gasteiger partial charge in [-0.1, -0.05) is 13.8 Å². The fourth-order valence-electron chi connectivity index (χ4n) is 2.35. The summed E-state index contributed by atoms with van der Waals surface area (Å²) in [6.45, 7) is 4.44. The van der Waals surface area contributed by atoms with E-state index < -0.39 is 0 Å². The van der Waals surface area contributed by atoms with Gasteiger partial charge in [0.05, 0.1) is 6.07 Å². The lowest BCUT2D eigenvalue weighted by Crippen LogP contribution is -2.42. The van der Waals surface area contributed by atoms with Gasteiger partial charge in [-0.15, -0.1) is 11.8 Å². The number of nitriles is 1. The maximum absolute atomic E-state index is 9.17. The van der Waals surface area contributed by atoms with Gasteiger partial charge in [0.25, 0.3) is 0 Å². The van der Waals surface area contributed by atoms with Crippen LogP contribution in [0, 0.1) is 16.7 Å². The van der Waals surface area contributed by atoms with Crippen molar-refractivity contribution in [2.24, 2.45) is 5.41 Å². The van der Waals surface area contributed by atoms with Crippen molar-refractivity contribution >= 4 is 11.8 Å². The SMILES string of the molecule is CCC(C)SC1(C#N)CC2(CC2)C1. The Morgan fingerprint density at radius 1 is 1.46 bits per heavy atom. The first-order valence-corrected chi connectivity index (χ1v) is 6.11. The molecule has 0 aromatic rings. The molecule has 2 aliphatic rings. The maximum atomic E-state index is 9.17. The normalized spacial score (nSPS) is 29.0. The van der Waals surface area contributed by atoms with Crippen molar-refractivity contribution in [2.45, 2.75) is 55.9 Å². The molecule has 0 bridgehead atoms. The van der Waals surface area contributed by atoms with E-state index in [1.807, 2.05) is 11.8 Å². The Hall–Kier alpha value is -0.160. The van der Waals surface area contributed by atoms with Crippen molar-refractivity contribution in [1.29, 1.82) is 5.26 Å². The fourth-order valence-corrected chi connectivity index (χ4v) is 4.12. The van der Waals surface area contributed by atoms with Gasteiger partial charge in [-0.25, -0.2) is 0 Å². The van der Waals surface area contributed by atoms with Crippen molar-refractivity contribution in [2.75, 3.05) is 0 Å². The van der Waals surface area contributed by atoms with Crippen LogP contribution in [0.5, 0.6) is 0 Å². The largest absolute Gasteiger partial charge is 0.197 e. The van der Waals surface area contributed by atoms with Gasteiger partial charge in [-0.3, -0.25) is 0 Å². The highest BCUT2D eigenvalue weighted by molar-refractivity contribution is 8.01. The van der Waals surface area contributed by atoms with Crippen molar-refractivity contribution in [1.82, 2.24) is 0 Å². The van der Waals surface area contributed by atoms with E-state index in [9.17, 15) is 5.26 Å². The molecule has 1 nitrogen and oxygen atoms in total. The first-order chi connectivity index (χ1) is 6.14. The molecule has 0 radical (unpaired) electrons. The Morgan fingerprint density at radius 3 is 2.46 bits per heavy atom. The Morgan fingerprint density at radius 2 is 2.08 bits per heavy atom. The third-order valence-electron chi connectivity index (χ3n) is 3.48. The highest BCUT2D eigenvalue weighted by Crippen LogP contribution is 2.69. The Balaban J connectivity index is 1.92. The number of rotatable bonds is 3. The highest BCUT2D eigenvalue weighted by Gasteiger charge is 2.61. The average molecular weight is 195 g/mol. The Kier molecular flexibility index (Phi) is 2.11. The lowest BCUT2D eigenvalue weighted by molar-refractivity contribution is 0.250. The fraction of sp³-hybridized carbons (Fsp3) is 0.909. The van der Waals surface area contributed by atoms with E-state index in [0.29, 0.717) is 10.7 Å². The molecule has 1 unspecified atom stereocenters. The van der Waals surface area contributed by atoms with Crippen LogP contribution in [0.25, 0.3) is 0 Å². The minimum absolute atomic E-state index is 0.00588. The van der Waals surface area contributed by atoms with E-state index in [0.717, 1.165) is 0 Å². The Bertz CT molecular complexity index is 241. The van der Waals surface area contributed by atoms with Gasteiger partial charge in [0.15, 0.2) is 0 Å². The summed E-state index contributed by atoms with van der Waals surface area (Å²) in [5, 5.41) is 9.82. The predicted octanol–water partition coefficient (Wildman–Crippen LogP) is 3.35. The molecule has 2 rings (SSSR count). The van der Waals surface area contributed by atoms with Gasteiger partial charge in [0.1, 0.15) is 4.75 Å². The molecule has 2 fully saturated rings. The molecule has 0 aliphatic heterocycles. The van der Waals surface area contributed by atoms with E-state index in [2.05, 4.69) is 19.9 Å². The van der Waals surface area contributed by atoms with Crippen LogP contribution in [0.3, 0.4) is 0 Å². The second kappa shape index (κ2) is 2.92. The van der Waals surface area contributed by atoms with Crippen molar-refractivity contribution < 1.29 is 0 Å². The summed E-state index contributed by atoms with van der Waals surface area (Å²) in [7, 11) is 0. The molecule has 1 spiro atoms. The molecule has 72 valence electrons. The second-order valence-corrected chi connectivity index (χ2v) is 6.62. The molecule has 1 atom stereocenters. The highest BCUT2D eigenvalue weighted by atomic mass is 32.2. The Labute approximate surface area is 84.9 Å². The summed E-state index contributed by atoms with van der Waals surface area (Å²) in [6.07, 6.45) is 6.30. The zero-order chi connectivity index (χ0) is 9.53. The monoisotopic (exact) mass is 195 g/mol. The maximum Gasteiger partial charge on any atom is 0.104 e. The smallest absolute Gasteiger partial charge is 0.104 e. The number of hydrogen-bond donors (Lipinski definition) is 0. The zero-order valence-corrected chi connectivity index (χ0v) is 9.28. The van der Waals surface area contributed by atoms with Gasteiger partial charge >= 0.3 is 0 Å². The molecular weight excluding hydrogens is 178 g/mol. The van der Waals surface area contributed by atoms with E-state index in [1.54, 1.807) is 0 Å². The lowest BCUT2D eigenvalue weighted by atomic mass is 9.72. The molecule has 0 saturated heterocycles. The van der Waals surface area contributed by atoms with Crippen LogP contribution in [0.15, 0.2) is 0 Å². The van der Waals surface area contributed by atoms with E-state index >= 15 is 0 Å². The standard InChI is InChI=1S/C11H17NS/c1-3-9(2)13-11(8-12)6-10(7-11)4-5-10/h9H,3-7H2,1-2H3. The number of hydrogen-bond acceptors (Lipinski definition) is 2. The molecule has 0 heterocycles. The molecule has 0 aromatic carbocycles. The zero-order valence-electron chi connectivity index (χ0n) is 8.47. The molecule has 0 N–H and O–H groups in total. The van der Waals surface area contributed by atoms with Crippen molar-refractivity contribution in [3.63, 3.8) is 0 Å². The van der Waals surface area contributed by atoms with Crippen LogP contribution >= 0.6 is 11.8 Å². The molecule has 2 heteroatoms. The van der Waals surface area contributed by atoms with Crippen LogP contribution in [-0.4, -0.2) is 10.00 Å². The van der Waals surface area contributed by atoms with Gasteiger partial charge in [-0.05, 0) is 37.5 Å². The average Bonchev–Trinajstić information content (AvgIpc) is 2.83. The quantitative estimate of drug-likeness (QED) is 0.689. The summed E-state index contributed by atoms with van der Waals surface area (Å²) in [6, 6.07) is 2.54. The van der Waals surface area contributed by atoms with Crippen LogP contribution in [0.4, 0.5) is 0 Å². The number of thioether (sulfide) groups is 1. The molecule has 2 saturated carbocycles. The number of nitrogens with zero attached hydrogens (tertiary/aromatic N) is 1. The summed E-state index contributed by atoms with van der Waals surface area (Å²) >= 11 is 1.91. The van der Waals surface area contributed by atoms with Crippen LogP contribution < -0.4 is 0 Å². The minimum atomic E-state index is 0.00588. The molecular formula is C11H17NS. The topological polar surface area (TPSA) is 23.8 Å². The van der Waals surface area contributed by atoms with E-state index in [4.69, 9.17) is 0 Å². The summed E-state index contributed by atoms with van der Waals surface area (Å²) in [4.78, 5) is 0. The molecule has 13 heavy (non-hydrogen) atoms. The van der Waals surface area contributed by atoms with E-state index in [-0.39, 0.29) is 4.75 Å². The third-order valence-corrected chi connectivity index (χ3v) is 5.05. The summed E-state index contributed by atoms with van der Waals surface area (Å²) in [5.74, 6) is 0. The van der Waals surface area contributed by atoms with Gasteiger partial charge in [0, 0.05) is 5.25 Å². The van der Waals surface area contributed by atoms with Gasteiger partial charge in [-0.2, -0.15) is 5.26 Å².